The summed E-state index contributed by atoms with van der Waals surface area (Å²) in [6, 6.07) is 11.9. The summed E-state index contributed by atoms with van der Waals surface area (Å²) >= 11 is 5.02. The maximum atomic E-state index is 12.2. The highest BCUT2D eigenvalue weighted by Crippen LogP contribution is 2.20. The van der Waals surface area contributed by atoms with Crippen molar-refractivity contribution in [3.05, 3.63) is 62.9 Å². The van der Waals surface area contributed by atoms with Crippen molar-refractivity contribution in [1.29, 1.82) is 0 Å². The Morgan fingerprint density at radius 3 is 2.58 bits per heavy atom. The Bertz CT molecular complexity index is 661. The van der Waals surface area contributed by atoms with Crippen LogP contribution in [-0.4, -0.2) is 5.78 Å². The van der Waals surface area contributed by atoms with Crippen LogP contribution >= 0.6 is 27.3 Å². The fourth-order valence-corrected chi connectivity index (χ4v) is 3.62. The minimum Gasteiger partial charge on any atom is -0.362 e. The lowest BCUT2D eigenvalue weighted by atomic mass is 10.1. The van der Waals surface area contributed by atoms with Crippen molar-refractivity contribution >= 4 is 38.7 Å². The van der Waals surface area contributed by atoms with Gasteiger partial charge in [-0.05, 0) is 49.2 Å². The first kappa shape index (κ1) is 18.9. The van der Waals surface area contributed by atoms with E-state index in [4.69, 9.17) is 0 Å². The molecule has 2 nitrogen and oxygen atoms in total. The highest BCUT2D eigenvalue weighted by molar-refractivity contribution is 9.10. The van der Waals surface area contributed by atoms with E-state index in [0.717, 1.165) is 21.5 Å². The van der Waals surface area contributed by atoms with Crippen LogP contribution in [0.4, 0.5) is 5.69 Å². The maximum Gasteiger partial charge on any atom is 0.197 e. The van der Waals surface area contributed by atoms with E-state index in [1.807, 2.05) is 30.3 Å². The van der Waals surface area contributed by atoms with Crippen molar-refractivity contribution < 1.29 is 4.79 Å². The van der Waals surface area contributed by atoms with Gasteiger partial charge in [0.05, 0.1) is 4.88 Å². The van der Waals surface area contributed by atoms with E-state index in [1.165, 1.54) is 37.0 Å². The van der Waals surface area contributed by atoms with E-state index in [9.17, 15) is 4.79 Å². The number of carbonyl (C=O) groups excluding carboxylic acids is 1. The van der Waals surface area contributed by atoms with Crippen LogP contribution in [0.2, 0.25) is 0 Å². The molecule has 0 fully saturated rings. The number of benzene rings is 1. The lowest BCUT2D eigenvalue weighted by Gasteiger charge is -1.99. The van der Waals surface area contributed by atoms with Gasteiger partial charge < -0.3 is 5.32 Å². The number of nitrogens with one attached hydrogen (secondary N) is 1. The number of unbranched alkanes of at least 4 members (excludes halogenated alkanes) is 4. The Morgan fingerprint density at radius 2 is 1.83 bits per heavy atom. The lowest BCUT2D eigenvalue weighted by molar-refractivity contribution is 0.105. The van der Waals surface area contributed by atoms with Gasteiger partial charge in [0.15, 0.2) is 5.78 Å². The third-order valence-electron chi connectivity index (χ3n) is 3.76. The van der Waals surface area contributed by atoms with Crippen molar-refractivity contribution in [3.63, 3.8) is 0 Å². The molecule has 0 atom stereocenters. The van der Waals surface area contributed by atoms with Gasteiger partial charge in [-0.1, -0.05) is 48.5 Å². The molecule has 1 N–H and O–H groups in total. The zero-order chi connectivity index (χ0) is 17.2. The normalized spacial score (nSPS) is 11.1. The van der Waals surface area contributed by atoms with Gasteiger partial charge in [-0.15, -0.1) is 11.3 Å². The molecule has 4 heteroatoms. The summed E-state index contributed by atoms with van der Waals surface area (Å²) in [7, 11) is 0. The van der Waals surface area contributed by atoms with Gasteiger partial charge >= 0.3 is 0 Å². The molecular formula is C20H24BrNOS. The summed E-state index contributed by atoms with van der Waals surface area (Å²) in [6.07, 6.45) is 10.8. The second-order valence-electron chi connectivity index (χ2n) is 5.78. The molecule has 128 valence electrons. The van der Waals surface area contributed by atoms with Gasteiger partial charge in [0, 0.05) is 27.3 Å². The predicted octanol–water partition coefficient (Wildman–Crippen LogP) is 6.83. The van der Waals surface area contributed by atoms with Crippen LogP contribution in [0.5, 0.6) is 0 Å². The van der Waals surface area contributed by atoms with Crippen molar-refractivity contribution in [2.45, 2.75) is 45.4 Å². The summed E-state index contributed by atoms with van der Waals surface area (Å²) < 4.78 is 1.04. The van der Waals surface area contributed by atoms with Crippen molar-refractivity contribution in [2.75, 3.05) is 5.32 Å². The second kappa shape index (κ2) is 10.5. The van der Waals surface area contributed by atoms with E-state index in [2.05, 4.69) is 34.2 Å². The first-order valence-corrected chi connectivity index (χ1v) is 10.1. The Kier molecular flexibility index (Phi) is 8.26. The van der Waals surface area contributed by atoms with Crippen molar-refractivity contribution in [1.82, 2.24) is 0 Å². The molecule has 1 aromatic carbocycles. The van der Waals surface area contributed by atoms with Crippen LogP contribution in [0.25, 0.3) is 0 Å². The zero-order valence-corrected chi connectivity index (χ0v) is 16.5. The highest BCUT2D eigenvalue weighted by Gasteiger charge is 2.06. The summed E-state index contributed by atoms with van der Waals surface area (Å²) in [5, 5.41) is 3.12. The van der Waals surface area contributed by atoms with E-state index in [1.54, 1.807) is 23.6 Å². The predicted molar refractivity (Wildman–Crippen MR) is 108 cm³/mol. The van der Waals surface area contributed by atoms with Gasteiger partial charge in [0.2, 0.25) is 0 Å². The number of aryl methyl sites for hydroxylation is 1. The molecule has 0 spiro atoms. The van der Waals surface area contributed by atoms with Crippen molar-refractivity contribution in [3.8, 4) is 0 Å². The number of halogens is 1. The monoisotopic (exact) mass is 405 g/mol. The Hall–Kier alpha value is -1.39. The number of carbonyl (C=O) groups is 1. The second-order valence-corrected chi connectivity index (χ2v) is 7.86. The van der Waals surface area contributed by atoms with E-state index < -0.39 is 0 Å². The minimum atomic E-state index is 0.0573. The fourth-order valence-electron chi connectivity index (χ4n) is 2.39. The number of hydrogen-bond acceptors (Lipinski definition) is 3. The lowest BCUT2D eigenvalue weighted by Crippen LogP contribution is -1.93. The number of allylic oxidation sites excluding steroid dienone is 1. The largest absolute Gasteiger partial charge is 0.362 e. The van der Waals surface area contributed by atoms with Gasteiger partial charge in [0.1, 0.15) is 0 Å². The Labute approximate surface area is 157 Å². The van der Waals surface area contributed by atoms with Crippen LogP contribution in [0.3, 0.4) is 0 Å². The summed E-state index contributed by atoms with van der Waals surface area (Å²) in [6.45, 7) is 2.23. The number of thiophene rings is 1. The Morgan fingerprint density at radius 1 is 1.08 bits per heavy atom. The zero-order valence-electron chi connectivity index (χ0n) is 14.1. The topological polar surface area (TPSA) is 29.1 Å². The molecule has 0 aliphatic rings. The van der Waals surface area contributed by atoms with E-state index in [0.29, 0.717) is 0 Å². The SMILES string of the molecule is CCCCCCCc1ccc(C(=O)/C=C\Nc2ccc(Br)cc2)s1. The first-order chi connectivity index (χ1) is 11.7. The van der Waals surface area contributed by atoms with Crippen molar-refractivity contribution in [2.24, 2.45) is 0 Å². The quantitative estimate of drug-likeness (QED) is 0.266. The molecule has 1 heterocycles. The third kappa shape index (κ3) is 6.62. The molecule has 0 bridgehead atoms. The first-order valence-electron chi connectivity index (χ1n) is 8.50. The van der Waals surface area contributed by atoms with Gasteiger partial charge in [0.25, 0.3) is 0 Å². The van der Waals surface area contributed by atoms with Crippen LogP contribution in [-0.2, 0) is 6.42 Å². The smallest absolute Gasteiger partial charge is 0.197 e. The average molecular weight is 406 g/mol. The number of rotatable bonds is 10. The maximum absolute atomic E-state index is 12.2. The molecular weight excluding hydrogens is 382 g/mol. The molecule has 0 saturated carbocycles. The van der Waals surface area contributed by atoms with Gasteiger partial charge in [-0.25, -0.2) is 0 Å². The molecule has 0 unspecified atom stereocenters. The molecule has 2 aromatic rings. The molecule has 0 aliphatic carbocycles. The number of anilines is 1. The Balaban J connectivity index is 1.77. The van der Waals surface area contributed by atoms with Crippen LogP contribution in [0, 0.1) is 0 Å². The summed E-state index contributed by atoms with van der Waals surface area (Å²) in [5.41, 5.74) is 0.959. The number of hydrogen-bond donors (Lipinski definition) is 1. The minimum absolute atomic E-state index is 0.0573. The average Bonchev–Trinajstić information content (AvgIpc) is 3.05. The standard InChI is InChI=1S/C20H24BrNOS/c1-2-3-4-5-6-7-18-12-13-20(24-18)19(23)14-15-22-17-10-8-16(21)9-11-17/h8-15,22H,2-7H2,1H3/b15-14-. The third-order valence-corrected chi connectivity index (χ3v) is 5.45. The molecule has 0 aliphatic heterocycles. The molecule has 24 heavy (non-hydrogen) atoms. The fraction of sp³-hybridized carbons (Fsp3) is 0.350. The number of ketones is 1. The van der Waals surface area contributed by atoms with E-state index >= 15 is 0 Å². The summed E-state index contributed by atoms with van der Waals surface area (Å²) in [5.74, 6) is 0.0573. The molecule has 1 aromatic heterocycles. The van der Waals surface area contributed by atoms with Crippen LogP contribution in [0.1, 0.15) is 53.6 Å². The van der Waals surface area contributed by atoms with Gasteiger partial charge in [-0.3, -0.25) is 4.79 Å². The molecule has 0 radical (unpaired) electrons. The highest BCUT2D eigenvalue weighted by atomic mass is 79.9. The van der Waals surface area contributed by atoms with E-state index in [-0.39, 0.29) is 5.78 Å². The summed E-state index contributed by atoms with van der Waals surface area (Å²) in [4.78, 5) is 14.3. The van der Waals surface area contributed by atoms with Gasteiger partial charge in [-0.2, -0.15) is 0 Å². The molecule has 0 saturated heterocycles. The van der Waals surface area contributed by atoms with Crippen LogP contribution < -0.4 is 5.32 Å². The molecule has 0 amide bonds. The molecule has 2 rings (SSSR count). The van der Waals surface area contributed by atoms with Crippen LogP contribution in [0.15, 0.2) is 53.1 Å².